The van der Waals surface area contributed by atoms with Gasteiger partial charge >= 0.3 is 0 Å². The highest BCUT2D eigenvalue weighted by atomic mass is 16.5. The first-order valence-corrected chi connectivity index (χ1v) is 6.37. The standard InChI is InChI=1S/C14H22N2O/c1-17-14-6-2-4-12(8-14)10-16-7-3-5-13(9-15)11-16/h2,4,6,8,13H,3,5,7,9-11,15H2,1H3. The Morgan fingerprint density at radius 2 is 2.35 bits per heavy atom. The summed E-state index contributed by atoms with van der Waals surface area (Å²) >= 11 is 0. The van der Waals surface area contributed by atoms with Crippen molar-refractivity contribution in [3.8, 4) is 5.75 Å². The lowest BCUT2D eigenvalue weighted by molar-refractivity contribution is 0.171. The summed E-state index contributed by atoms with van der Waals surface area (Å²) in [7, 11) is 1.71. The maximum absolute atomic E-state index is 5.76. The Bertz CT molecular complexity index is 354. The number of piperidine rings is 1. The van der Waals surface area contributed by atoms with Crippen molar-refractivity contribution in [1.29, 1.82) is 0 Å². The topological polar surface area (TPSA) is 38.5 Å². The van der Waals surface area contributed by atoms with Gasteiger partial charge in [-0.3, -0.25) is 4.90 Å². The smallest absolute Gasteiger partial charge is 0.119 e. The minimum absolute atomic E-state index is 0.675. The van der Waals surface area contributed by atoms with Crippen LogP contribution in [0.2, 0.25) is 0 Å². The van der Waals surface area contributed by atoms with Gasteiger partial charge in [0.1, 0.15) is 5.75 Å². The number of nitrogens with zero attached hydrogens (tertiary/aromatic N) is 1. The monoisotopic (exact) mass is 234 g/mol. The molecule has 1 aromatic carbocycles. The van der Waals surface area contributed by atoms with Crippen LogP contribution in [0, 0.1) is 5.92 Å². The molecule has 0 bridgehead atoms. The normalized spacial score (nSPS) is 21.4. The van der Waals surface area contributed by atoms with Crippen LogP contribution in [0.25, 0.3) is 0 Å². The van der Waals surface area contributed by atoms with Gasteiger partial charge < -0.3 is 10.5 Å². The zero-order valence-corrected chi connectivity index (χ0v) is 10.6. The number of benzene rings is 1. The molecule has 17 heavy (non-hydrogen) atoms. The molecular formula is C14H22N2O. The molecular weight excluding hydrogens is 212 g/mol. The van der Waals surface area contributed by atoms with Crippen molar-refractivity contribution < 1.29 is 4.74 Å². The van der Waals surface area contributed by atoms with E-state index < -0.39 is 0 Å². The maximum Gasteiger partial charge on any atom is 0.119 e. The third-order valence-electron chi connectivity index (χ3n) is 3.48. The summed E-state index contributed by atoms with van der Waals surface area (Å²) in [5.41, 5.74) is 7.08. The SMILES string of the molecule is COc1cccc(CN2CCCC(CN)C2)c1. The van der Waals surface area contributed by atoms with E-state index in [0.29, 0.717) is 5.92 Å². The third-order valence-corrected chi connectivity index (χ3v) is 3.48. The van der Waals surface area contributed by atoms with Crippen LogP contribution in [0.3, 0.4) is 0 Å². The van der Waals surface area contributed by atoms with E-state index in [1.54, 1.807) is 7.11 Å². The van der Waals surface area contributed by atoms with Gasteiger partial charge in [0.15, 0.2) is 0 Å². The highest BCUT2D eigenvalue weighted by Gasteiger charge is 2.18. The van der Waals surface area contributed by atoms with Crippen molar-refractivity contribution in [2.75, 3.05) is 26.7 Å². The highest BCUT2D eigenvalue weighted by molar-refractivity contribution is 5.28. The van der Waals surface area contributed by atoms with Crippen LogP contribution in [0.4, 0.5) is 0 Å². The Kier molecular flexibility index (Phi) is 4.40. The zero-order chi connectivity index (χ0) is 12.1. The Hall–Kier alpha value is -1.06. The molecule has 1 heterocycles. The van der Waals surface area contributed by atoms with Crippen molar-refractivity contribution in [3.05, 3.63) is 29.8 Å². The maximum atomic E-state index is 5.76. The number of methoxy groups -OCH3 is 1. The minimum atomic E-state index is 0.675. The van der Waals surface area contributed by atoms with Crippen LogP contribution in [0.15, 0.2) is 24.3 Å². The van der Waals surface area contributed by atoms with E-state index in [1.807, 2.05) is 6.07 Å². The fraction of sp³-hybridized carbons (Fsp3) is 0.571. The zero-order valence-electron chi connectivity index (χ0n) is 10.6. The summed E-state index contributed by atoms with van der Waals surface area (Å²) in [6.07, 6.45) is 2.55. The molecule has 0 spiro atoms. The second-order valence-corrected chi connectivity index (χ2v) is 4.83. The summed E-state index contributed by atoms with van der Waals surface area (Å²) < 4.78 is 5.25. The molecule has 0 aliphatic carbocycles. The molecule has 1 atom stereocenters. The van der Waals surface area contributed by atoms with Gasteiger partial charge in [-0.15, -0.1) is 0 Å². The lowest BCUT2D eigenvalue weighted by Gasteiger charge is -2.32. The average molecular weight is 234 g/mol. The van der Waals surface area contributed by atoms with E-state index >= 15 is 0 Å². The van der Waals surface area contributed by atoms with Crippen LogP contribution in [0.5, 0.6) is 5.75 Å². The molecule has 3 nitrogen and oxygen atoms in total. The van der Waals surface area contributed by atoms with Gasteiger partial charge in [0.05, 0.1) is 7.11 Å². The molecule has 0 radical (unpaired) electrons. The Labute approximate surface area is 104 Å². The van der Waals surface area contributed by atoms with Gasteiger partial charge in [-0.2, -0.15) is 0 Å². The Morgan fingerprint density at radius 1 is 1.47 bits per heavy atom. The number of likely N-dealkylation sites (tertiary alicyclic amines) is 1. The predicted octanol–water partition coefficient (Wildman–Crippen LogP) is 1.87. The summed E-state index contributed by atoms with van der Waals surface area (Å²) in [4.78, 5) is 2.50. The predicted molar refractivity (Wildman–Crippen MR) is 70.0 cm³/mol. The van der Waals surface area contributed by atoms with Crippen molar-refractivity contribution in [3.63, 3.8) is 0 Å². The average Bonchev–Trinajstić information content (AvgIpc) is 2.39. The second kappa shape index (κ2) is 6.03. The summed E-state index contributed by atoms with van der Waals surface area (Å²) in [5.74, 6) is 1.62. The van der Waals surface area contributed by atoms with E-state index in [-0.39, 0.29) is 0 Å². The van der Waals surface area contributed by atoms with Gasteiger partial charge in [0.2, 0.25) is 0 Å². The molecule has 1 unspecified atom stereocenters. The van der Waals surface area contributed by atoms with E-state index in [9.17, 15) is 0 Å². The van der Waals surface area contributed by atoms with Gasteiger partial charge in [0.25, 0.3) is 0 Å². The van der Waals surface area contributed by atoms with Crippen LogP contribution >= 0.6 is 0 Å². The van der Waals surface area contributed by atoms with Crippen molar-refractivity contribution >= 4 is 0 Å². The third kappa shape index (κ3) is 3.45. The molecule has 1 saturated heterocycles. The fourth-order valence-corrected chi connectivity index (χ4v) is 2.52. The first-order valence-electron chi connectivity index (χ1n) is 6.37. The molecule has 94 valence electrons. The Balaban J connectivity index is 1.95. The number of ether oxygens (including phenoxy) is 1. The fourth-order valence-electron chi connectivity index (χ4n) is 2.52. The van der Waals surface area contributed by atoms with Gasteiger partial charge in [-0.1, -0.05) is 12.1 Å². The molecule has 1 fully saturated rings. The molecule has 0 saturated carbocycles. The molecule has 1 aromatic rings. The first-order chi connectivity index (χ1) is 8.31. The summed E-state index contributed by atoms with van der Waals surface area (Å²) in [5, 5.41) is 0. The number of hydrogen-bond acceptors (Lipinski definition) is 3. The minimum Gasteiger partial charge on any atom is -0.497 e. The first kappa shape index (κ1) is 12.4. The number of hydrogen-bond donors (Lipinski definition) is 1. The van der Waals surface area contributed by atoms with E-state index in [2.05, 4.69) is 23.1 Å². The highest BCUT2D eigenvalue weighted by Crippen LogP contribution is 2.19. The summed E-state index contributed by atoms with van der Waals surface area (Å²) in [6.45, 7) is 4.14. The molecule has 1 aliphatic rings. The van der Waals surface area contributed by atoms with Crippen LogP contribution < -0.4 is 10.5 Å². The van der Waals surface area contributed by atoms with Crippen molar-refractivity contribution in [2.45, 2.75) is 19.4 Å². The van der Waals surface area contributed by atoms with Crippen LogP contribution in [0.1, 0.15) is 18.4 Å². The lowest BCUT2D eigenvalue weighted by Crippen LogP contribution is -2.37. The molecule has 2 N–H and O–H groups in total. The molecule has 1 aliphatic heterocycles. The molecule has 0 amide bonds. The lowest BCUT2D eigenvalue weighted by atomic mass is 9.98. The quantitative estimate of drug-likeness (QED) is 0.864. The Morgan fingerprint density at radius 3 is 3.12 bits per heavy atom. The van der Waals surface area contributed by atoms with Crippen LogP contribution in [-0.4, -0.2) is 31.6 Å². The summed E-state index contributed by atoms with van der Waals surface area (Å²) in [6, 6.07) is 8.32. The van der Waals surface area contributed by atoms with Crippen molar-refractivity contribution in [1.82, 2.24) is 4.90 Å². The van der Waals surface area contributed by atoms with E-state index in [4.69, 9.17) is 10.5 Å². The number of rotatable bonds is 4. The van der Waals surface area contributed by atoms with E-state index in [1.165, 1.54) is 24.9 Å². The van der Waals surface area contributed by atoms with Crippen LogP contribution in [-0.2, 0) is 6.54 Å². The largest absolute Gasteiger partial charge is 0.497 e. The molecule has 0 aromatic heterocycles. The van der Waals surface area contributed by atoms with Gasteiger partial charge in [-0.05, 0) is 49.5 Å². The van der Waals surface area contributed by atoms with Crippen molar-refractivity contribution in [2.24, 2.45) is 11.7 Å². The second-order valence-electron chi connectivity index (χ2n) is 4.83. The van der Waals surface area contributed by atoms with Gasteiger partial charge in [0, 0.05) is 13.1 Å². The molecule has 3 heteroatoms. The molecule has 2 rings (SSSR count). The van der Waals surface area contributed by atoms with Gasteiger partial charge in [-0.25, -0.2) is 0 Å². The van der Waals surface area contributed by atoms with E-state index in [0.717, 1.165) is 25.4 Å². The number of nitrogens with two attached hydrogens (primary N) is 1.